The Hall–Kier alpha value is -9.38. The molecule has 0 fully saturated rings. The molecular weight excluding hydrogens is 851 g/mol. The third kappa shape index (κ3) is 6.53. The maximum absolute atomic E-state index is 6.28. The second kappa shape index (κ2) is 16.2. The zero-order valence-electron chi connectivity index (χ0n) is 38.1. The fourth-order valence-electron chi connectivity index (χ4n) is 10.8. The summed E-state index contributed by atoms with van der Waals surface area (Å²) in [6, 6.07) is 94.1. The predicted molar refractivity (Wildman–Crippen MR) is 293 cm³/mol. The van der Waals surface area contributed by atoms with Crippen LogP contribution in [0.4, 0.5) is 17.1 Å². The van der Waals surface area contributed by atoms with Crippen LogP contribution < -0.4 is 4.90 Å². The lowest BCUT2D eigenvalue weighted by Gasteiger charge is -2.26. The molecule has 0 bridgehead atoms. The van der Waals surface area contributed by atoms with E-state index in [0.29, 0.717) is 0 Å². The molecule has 0 unspecified atom stereocenters. The summed E-state index contributed by atoms with van der Waals surface area (Å²) < 4.78 is 11.0. The first-order valence-electron chi connectivity index (χ1n) is 23.9. The minimum atomic E-state index is 0.876. The first-order chi connectivity index (χ1) is 34.7. The van der Waals surface area contributed by atoms with E-state index in [-0.39, 0.29) is 0 Å². The third-order valence-corrected chi connectivity index (χ3v) is 14.1. The maximum Gasteiger partial charge on any atom is 0.135 e. The van der Waals surface area contributed by atoms with Gasteiger partial charge in [-0.1, -0.05) is 158 Å². The van der Waals surface area contributed by atoms with Crippen LogP contribution in [0, 0.1) is 0 Å². The van der Waals surface area contributed by atoms with Crippen LogP contribution in [0.15, 0.2) is 265 Å². The molecule has 14 aromatic rings. The van der Waals surface area contributed by atoms with E-state index in [4.69, 9.17) is 4.42 Å². The third-order valence-electron chi connectivity index (χ3n) is 14.1. The lowest BCUT2D eigenvalue weighted by Crippen LogP contribution is -2.09. The highest BCUT2D eigenvalue weighted by molar-refractivity contribution is 6.12. The van der Waals surface area contributed by atoms with Crippen molar-refractivity contribution in [3.8, 4) is 44.8 Å². The fourth-order valence-corrected chi connectivity index (χ4v) is 10.8. The summed E-state index contributed by atoms with van der Waals surface area (Å²) in [5, 5.41) is 7.20. The second-order valence-corrected chi connectivity index (χ2v) is 18.1. The summed E-state index contributed by atoms with van der Waals surface area (Å²) in [6.45, 7) is 0. The Morgan fingerprint density at radius 2 is 0.657 bits per heavy atom. The van der Waals surface area contributed by atoms with Crippen molar-refractivity contribution >= 4 is 82.6 Å². The number of fused-ring (bicyclic) bond motifs is 9. The van der Waals surface area contributed by atoms with Gasteiger partial charge in [0.05, 0.1) is 22.1 Å². The first-order valence-corrected chi connectivity index (χ1v) is 23.9. The van der Waals surface area contributed by atoms with E-state index in [1.807, 2.05) is 12.1 Å². The van der Waals surface area contributed by atoms with Gasteiger partial charge in [-0.3, -0.25) is 0 Å². The van der Waals surface area contributed by atoms with Crippen LogP contribution in [0.3, 0.4) is 0 Å². The Morgan fingerprint density at radius 3 is 1.29 bits per heavy atom. The number of hydrogen-bond acceptors (Lipinski definition) is 2. The molecule has 0 radical (unpaired) electrons. The number of rotatable bonds is 8. The summed E-state index contributed by atoms with van der Waals surface area (Å²) in [5.74, 6) is 0. The Kier molecular flexibility index (Phi) is 9.17. The topological polar surface area (TPSA) is 26.2 Å². The van der Waals surface area contributed by atoms with Crippen molar-refractivity contribution < 1.29 is 4.42 Å². The van der Waals surface area contributed by atoms with Gasteiger partial charge >= 0.3 is 0 Å². The number of furan rings is 1. The van der Waals surface area contributed by atoms with E-state index in [0.717, 1.165) is 61.5 Å². The van der Waals surface area contributed by atoms with Crippen molar-refractivity contribution in [3.05, 3.63) is 261 Å². The van der Waals surface area contributed by atoms with Crippen LogP contribution in [0.25, 0.3) is 110 Å². The number of hydrogen-bond donors (Lipinski definition) is 0. The Balaban J connectivity index is 0.812. The molecule has 0 atom stereocenters. The highest BCUT2D eigenvalue weighted by Crippen LogP contribution is 2.42. The highest BCUT2D eigenvalue weighted by Gasteiger charge is 2.18. The van der Waals surface area contributed by atoms with E-state index < -0.39 is 0 Å². The predicted octanol–water partition coefficient (Wildman–Crippen LogP) is 18.3. The van der Waals surface area contributed by atoms with Crippen LogP contribution in [0.1, 0.15) is 0 Å². The lowest BCUT2D eigenvalue weighted by atomic mass is 9.99. The highest BCUT2D eigenvalue weighted by atomic mass is 16.3. The van der Waals surface area contributed by atoms with Crippen LogP contribution in [0.5, 0.6) is 0 Å². The van der Waals surface area contributed by atoms with Crippen molar-refractivity contribution in [2.75, 3.05) is 4.90 Å². The average Bonchev–Trinajstić information content (AvgIpc) is 4.09. The van der Waals surface area contributed by atoms with E-state index in [1.54, 1.807) is 0 Å². The van der Waals surface area contributed by atoms with Gasteiger partial charge in [0, 0.05) is 60.8 Å². The number of benzene rings is 11. The largest absolute Gasteiger partial charge is 0.456 e. The molecule has 3 aromatic heterocycles. The van der Waals surface area contributed by atoms with Crippen molar-refractivity contribution in [1.82, 2.24) is 9.13 Å². The minimum absolute atomic E-state index is 0.876. The normalized spacial score (nSPS) is 11.7. The molecule has 0 aliphatic heterocycles. The van der Waals surface area contributed by atoms with Gasteiger partial charge in [-0.25, -0.2) is 0 Å². The van der Waals surface area contributed by atoms with Crippen LogP contribution in [0.2, 0.25) is 0 Å². The van der Waals surface area contributed by atoms with Crippen LogP contribution in [-0.4, -0.2) is 9.13 Å². The smallest absolute Gasteiger partial charge is 0.135 e. The number of nitrogens with zero attached hydrogens (tertiary/aromatic N) is 3. The van der Waals surface area contributed by atoms with Gasteiger partial charge < -0.3 is 18.5 Å². The summed E-state index contributed by atoms with van der Waals surface area (Å²) in [5.41, 5.74) is 19.1. The van der Waals surface area contributed by atoms with Gasteiger partial charge in [0.25, 0.3) is 0 Å². The summed E-state index contributed by atoms with van der Waals surface area (Å²) in [7, 11) is 0. The maximum atomic E-state index is 6.28. The van der Waals surface area contributed by atoms with E-state index in [2.05, 4.69) is 263 Å². The standard InChI is InChI=1S/C66H43N3O/c1-3-13-50(14-4-1)68-62-21-11-8-18-56(62)59-41-48(32-39-63(59)68)47-29-35-53(36-30-47)67(54-37-40-66-60(43-54)58-19-9-12-22-65(58)70-66)52-33-27-45(28-34-52)44-23-25-46(26-24-44)49-31-38-57-55-17-7-10-20-61(55)69(64(57)42-49)51-15-5-2-6-16-51/h1-43H. The molecular formula is C66H43N3O. The molecule has 328 valence electrons. The van der Waals surface area contributed by atoms with Crippen molar-refractivity contribution in [2.45, 2.75) is 0 Å². The number of para-hydroxylation sites is 5. The molecule has 0 saturated heterocycles. The summed E-state index contributed by atoms with van der Waals surface area (Å²) in [4.78, 5) is 2.35. The molecule has 0 spiro atoms. The Bertz CT molecular complexity index is 4260. The molecule has 14 rings (SSSR count). The summed E-state index contributed by atoms with van der Waals surface area (Å²) in [6.07, 6.45) is 0. The van der Waals surface area contributed by atoms with Gasteiger partial charge in [-0.15, -0.1) is 0 Å². The van der Waals surface area contributed by atoms with E-state index in [9.17, 15) is 0 Å². The molecule has 4 nitrogen and oxygen atoms in total. The molecule has 11 aromatic carbocycles. The second-order valence-electron chi connectivity index (χ2n) is 18.1. The van der Waals surface area contributed by atoms with E-state index >= 15 is 0 Å². The van der Waals surface area contributed by atoms with Gasteiger partial charge in [0.15, 0.2) is 0 Å². The molecule has 4 heteroatoms. The SMILES string of the molecule is c1ccc(-n2c3ccccc3c3cc(-c4ccc(N(c5ccc(-c6ccc(-c7ccc8c9ccccc9n(-c9ccccc9)c8c7)cc6)cc5)c5ccc6oc7ccccc7c6c5)cc4)ccc32)cc1. The molecule has 70 heavy (non-hydrogen) atoms. The Labute approximate surface area is 404 Å². The molecule has 0 saturated carbocycles. The quantitative estimate of drug-likeness (QED) is 0.152. The zero-order valence-corrected chi connectivity index (χ0v) is 38.1. The number of aromatic nitrogens is 2. The first kappa shape index (κ1) is 39.8. The van der Waals surface area contributed by atoms with Gasteiger partial charge in [-0.2, -0.15) is 0 Å². The summed E-state index contributed by atoms with van der Waals surface area (Å²) >= 11 is 0. The monoisotopic (exact) mass is 893 g/mol. The van der Waals surface area contributed by atoms with Crippen molar-refractivity contribution in [3.63, 3.8) is 0 Å². The average molecular weight is 894 g/mol. The van der Waals surface area contributed by atoms with E-state index in [1.165, 1.54) is 65.9 Å². The zero-order chi connectivity index (χ0) is 46.1. The van der Waals surface area contributed by atoms with Crippen molar-refractivity contribution in [2.24, 2.45) is 0 Å². The number of anilines is 3. The van der Waals surface area contributed by atoms with Crippen LogP contribution >= 0.6 is 0 Å². The molecule has 3 heterocycles. The van der Waals surface area contributed by atoms with Crippen molar-refractivity contribution in [1.29, 1.82) is 0 Å². The molecule has 0 N–H and O–H groups in total. The van der Waals surface area contributed by atoms with Gasteiger partial charge in [0.1, 0.15) is 11.2 Å². The lowest BCUT2D eigenvalue weighted by molar-refractivity contribution is 0.669. The molecule has 0 amide bonds. The minimum Gasteiger partial charge on any atom is -0.456 e. The Morgan fingerprint density at radius 1 is 0.243 bits per heavy atom. The van der Waals surface area contributed by atoms with Crippen LogP contribution in [-0.2, 0) is 0 Å². The van der Waals surface area contributed by atoms with Gasteiger partial charge in [-0.05, 0) is 137 Å². The van der Waals surface area contributed by atoms with Gasteiger partial charge in [0.2, 0.25) is 0 Å². The molecule has 0 aliphatic carbocycles. The fraction of sp³-hybridized carbons (Fsp3) is 0. The molecule has 0 aliphatic rings.